The summed E-state index contributed by atoms with van der Waals surface area (Å²) in [4.78, 5) is 17.2. The third kappa shape index (κ3) is 5.02. The van der Waals surface area contributed by atoms with Gasteiger partial charge in [0.1, 0.15) is 17.3 Å². The van der Waals surface area contributed by atoms with E-state index in [9.17, 15) is 13.2 Å². The Balaban J connectivity index is 1.49. The average Bonchev–Trinajstić information content (AvgIpc) is 3.20. The van der Waals surface area contributed by atoms with Gasteiger partial charge in [0.2, 0.25) is 10.0 Å². The molecule has 0 bridgehead atoms. The van der Waals surface area contributed by atoms with Gasteiger partial charge in [-0.3, -0.25) is 4.79 Å². The maximum absolute atomic E-state index is 13.0. The van der Waals surface area contributed by atoms with Crippen molar-refractivity contribution < 1.29 is 27.4 Å². The molecule has 0 saturated carbocycles. The number of aryl methyl sites for hydroxylation is 2. The highest BCUT2D eigenvalue weighted by molar-refractivity contribution is 7.89. The van der Waals surface area contributed by atoms with Crippen molar-refractivity contribution in [2.45, 2.75) is 31.2 Å². The quantitative estimate of drug-likeness (QED) is 0.366. The minimum absolute atomic E-state index is 0.147. The normalized spacial score (nSPS) is 15.0. The zero-order valence-electron chi connectivity index (χ0n) is 18.7. The van der Waals surface area contributed by atoms with Crippen LogP contribution >= 0.6 is 0 Å². The number of aromatic nitrogens is 2. The van der Waals surface area contributed by atoms with Crippen molar-refractivity contribution >= 4 is 27.0 Å². The maximum Gasteiger partial charge on any atom is 0.311 e. The molecule has 1 aromatic heterocycles. The lowest BCUT2D eigenvalue weighted by molar-refractivity contribution is -0.134. The lowest BCUT2D eigenvalue weighted by atomic mass is 10.3. The molecule has 3 aromatic rings. The predicted molar refractivity (Wildman–Crippen MR) is 122 cm³/mol. The third-order valence-corrected chi connectivity index (χ3v) is 7.46. The van der Waals surface area contributed by atoms with E-state index in [0.717, 1.165) is 5.52 Å². The van der Waals surface area contributed by atoms with E-state index in [0.29, 0.717) is 62.1 Å². The van der Waals surface area contributed by atoms with E-state index >= 15 is 0 Å². The molecule has 0 radical (unpaired) electrons. The van der Waals surface area contributed by atoms with Gasteiger partial charge in [0.05, 0.1) is 42.7 Å². The highest BCUT2D eigenvalue weighted by Crippen LogP contribution is 2.24. The minimum atomic E-state index is -3.61. The van der Waals surface area contributed by atoms with Gasteiger partial charge in [0.25, 0.3) is 0 Å². The van der Waals surface area contributed by atoms with Crippen LogP contribution < -0.4 is 9.47 Å². The summed E-state index contributed by atoms with van der Waals surface area (Å²) in [7, 11) is -2.04. The Hall–Kier alpha value is -2.95. The smallest absolute Gasteiger partial charge is 0.311 e. The molecule has 0 unspecified atom stereocenters. The lowest BCUT2D eigenvalue weighted by Gasteiger charge is -2.26. The van der Waals surface area contributed by atoms with Crippen molar-refractivity contribution in [1.82, 2.24) is 13.9 Å². The first-order valence-electron chi connectivity index (χ1n) is 10.8. The maximum atomic E-state index is 13.0. The van der Waals surface area contributed by atoms with Crippen LogP contribution in [0.4, 0.5) is 0 Å². The first-order chi connectivity index (χ1) is 15.9. The highest BCUT2D eigenvalue weighted by Gasteiger charge is 2.27. The van der Waals surface area contributed by atoms with Crippen molar-refractivity contribution in [3.8, 4) is 11.5 Å². The van der Waals surface area contributed by atoms with Crippen LogP contribution in [0, 0.1) is 0 Å². The number of ether oxygens (including phenoxy) is 3. The fraction of sp³-hybridized carbons (Fsp3) is 0.391. The summed E-state index contributed by atoms with van der Waals surface area (Å²) in [6.07, 6.45) is 0.525. The van der Waals surface area contributed by atoms with E-state index in [1.165, 1.54) is 4.31 Å². The fourth-order valence-electron chi connectivity index (χ4n) is 3.84. The summed E-state index contributed by atoms with van der Waals surface area (Å²) in [5.74, 6) is 1.47. The Bertz CT molecular complexity index is 1230. The Kier molecular flexibility index (Phi) is 6.96. The van der Waals surface area contributed by atoms with Crippen LogP contribution in [0.1, 0.15) is 19.2 Å². The number of methoxy groups -OCH3 is 1. The van der Waals surface area contributed by atoms with E-state index < -0.39 is 10.0 Å². The number of carbonyl (C=O) groups excluding carboxylic acids is 1. The molecule has 10 heteroatoms. The minimum Gasteiger partial charge on any atom is -0.497 e. The number of carbonyl (C=O) groups is 1. The number of morpholine rings is 1. The monoisotopic (exact) mass is 473 g/mol. The highest BCUT2D eigenvalue weighted by atomic mass is 32.2. The largest absolute Gasteiger partial charge is 0.497 e. The molecule has 1 saturated heterocycles. The van der Waals surface area contributed by atoms with Crippen LogP contribution in [0.15, 0.2) is 47.4 Å². The molecule has 0 aliphatic carbocycles. The number of fused-ring (bicyclic) bond motifs is 1. The van der Waals surface area contributed by atoms with Crippen LogP contribution in [-0.2, 0) is 32.5 Å². The molecule has 1 aliphatic heterocycles. The molecular weight excluding hydrogens is 446 g/mol. The molecule has 4 rings (SSSR count). The Morgan fingerprint density at radius 2 is 1.79 bits per heavy atom. The zero-order valence-corrected chi connectivity index (χ0v) is 19.5. The number of benzene rings is 2. The molecule has 9 nitrogen and oxygen atoms in total. The summed E-state index contributed by atoms with van der Waals surface area (Å²) in [5, 5.41) is 0. The Morgan fingerprint density at radius 1 is 1.09 bits per heavy atom. The van der Waals surface area contributed by atoms with Crippen LogP contribution in [0.2, 0.25) is 0 Å². The SMILES string of the molecule is CCn1c(CCC(=O)Oc2ccc(OC)cc2)nc2cc(S(=O)(=O)N3CCOCC3)ccc21. The van der Waals surface area contributed by atoms with E-state index in [4.69, 9.17) is 14.2 Å². The first-order valence-corrected chi connectivity index (χ1v) is 12.3. The zero-order chi connectivity index (χ0) is 23.4. The van der Waals surface area contributed by atoms with Gasteiger partial charge in [-0.05, 0) is 49.4 Å². The van der Waals surface area contributed by atoms with Crippen molar-refractivity contribution in [2.24, 2.45) is 0 Å². The second-order valence-electron chi connectivity index (χ2n) is 7.59. The van der Waals surface area contributed by atoms with Crippen LogP contribution in [0.5, 0.6) is 11.5 Å². The molecule has 33 heavy (non-hydrogen) atoms. The molecule has 0 spiro atoms. The molecular formula is C23H27N3O6S. The first kappa shape index (κ1) is 23.2. The number of rotatable bonds is 8. The molecule has 2 aromatic carbocycles. The van der Waals surface area contributed by atoms with Gasteiger partial charge in [-0.25, -0.2) is 13.4 Å². The molecule has 0 amide bonds. The summed E-state index contributed by atoms with van der Waals surface area (Å²) in [5.41, 5.74) is 1.42. The fourth-order valence-corrected chi connectivity index (χ4v) is 5.27. The van der Waals surface area contributed by atoms with E-state index in [-0.39, 0.29) is 17.3 Å². The molecule has 176 valence electrons. The van der Waals surface area contributed by atoms with E-state index in [2.05, 4.69) is 4.98 Å². The van der Waals surface area contributed by atoms with Gasteiger partial charge >= 0.3 is 5.97 Å². The van der Waals surface area contributed by atoms with Crippen molar-refractivity contribution in [1.29, 1.82) is 0 Å². The number of hydrogen-bond donors (Lipinski definition) is 0. The Morgan fingerprint density at radius 3 is 2.45 bits per heavy atom. The van der Waals surface area contributed by atoms with Crippen molar-refractivity contribution in [2.75, 3.05) is 33.4 Å². The summed E-state index contributed by atoms with van der Waals surface area (Å²) < 4.78 is 45.1. The number of imidazole rings is 1. The van der Waals surface area contributed by atoms with Crippen molar-refractivity contribution in [3.63, 3.8) is 0 Å². The van der Waals surface area contributed by atoms with E-state index in [1.54, 1.807) is 49.6 Å². The number of sulfonamides is 1. The van der Waals surface area contributed by atoms with Gasteiger partial charge in [-0.2, -0.15) is 4.31 Å². The standard InChI is InChI=1S/C23H27N3O6S/c1-3-26-21-9-8-19(33(28,29)25-12-14-31-15-13-25)16-20(21)24-22(26)10-11-23(27)32-18-6-4-17(30-2)5-7-18/h4-9,16H,3,10-15H2,1-2H3. The number of hydrogen-bond acceptors (Lipinski definition) is 7. The molecule has 2 heterocycles. The molecule has 1 fully saturated rings. The second-order valence-corrected chi connectivity index (χ2v) is 9.53. The molecule has 1 aliphatic rings. The Labute approximate surface area is 192 Å². The predicted octanol–water partition coefficient (Wildman–Crippen LogP) is 2.62. The van der Waals surface area contributed by atoms with Gasteiger partial charge in [0, 0.05) is 26.1 Å². The van der Waals surface area contributed by atoms with Crippen molar-refractivity contribution in [3.05, 3.63) is 48.3 Å². The molecule has 0 atom stereocenters. The number of nitrogens with zero attached hydrogens (tertiary/aromatic N) is 3. The van der Waals surface area contributed by atoms with Gasteiger partial charge in [-0.1, -0.05) is 0 Å². The van der Waals surface area contributed by atoms with Crippen LogP contribution in [0.3, 0.4) is 0 Å². The summed E-state index contributed by atoms with van der Waals surface area (Å²) in [6, 6.07) is 11.8. The average molecular weight is 474 g/mol. The van der Waals surface area contributed by atoms with Crippen LogP contribution in [-0.4, -0.2) is 61.7 Å². The summed E-state index contributed by atoms with van der Waals surface area (Å²) >= 11 is 0. The summed E-state index contributed by atoms with van der Waals surface area (Å²) in [6.45, 7) is 4.09. The molecule has 0 N–H and O–H groups in total. The third-order valence-electron chi connectivity index (χ3n) is 5.57. The van der Waals surface area contributed by atoms with Gasteiger partial charge in [0.15, 0.2) is 0 Å². The number of esters is 1. The van der Waals surface area contributed by atoms with Gasteiger partial charge < -0.3 is 18.8 Å². The van der Waals surface area contributed by atoms with Crippen LogP contribution in [0.25, 0.3) is 11.0 Å². The van der Waals surface area contributed by atoms with E-state index in [1.807, 2.05) is 11.5 Å². The van der Waals surface area contributed by atoms with Gasteiger partial charge in [-0.15, -0.1) is 0 Å². The lowest BCUT2D eigenvalue weighted by Crippen LogP contribution is -2.40. The topological polar surface area (TPSA) is 100.0 Å². The second kappa shape index (κ2) is 9.90.